The van der Waals surface area contributed by atoms with Crippen LogP contribution in [0.3, 0.4) is 0 Å². The number of hydrogen-bond donors (Lipinski definition) is 3. The second-order valence-corrected chi connectivity index (χ2v) is 32.3. The van der Waals surface area contributed by atoms with Crippen LogP contribution in [0.25, 0.3) is 0 Å². The van der Waals surface area contributed by atoms with Gasteiger partial charge in [-0.15, -0.1) is 0 Å². The number of hydrogen-bond acceptors (Lipinski definition) is 15. The third-order valence-electron chi connectivity index (χ3n) is 18.2. The monoisotopic (exact) mass is 1410 g/mol. The van der Waals surface area contributed by atoms with Gasteiger partial charge in [0.15, 0.2) is 12.2 Å². The number of carbonyl (C=O) groups is 4. The highest BCUT2D eigenvalue weighted by molar-refractivity contribution is 7.47. The molecule has 0 aromatic rings. The fourth-order valence-corrected chi connectivity index (χ4v) is 13.3. The smallest absolute Gasteiger partial charge is 0.462 e. The number of carbonyl (C=O) groups excluding carboxylic acids is 4. The van der Waals surface area contributed by atoms with E-state index in [-0.39, 0.29) is 25.7 Å². The van der Waals surface area contributed by atoms with Gasteiger partial charge in [-0.3, -0.25) is 37.3 Å². The molecule has 0 saturated heterocycles. The van der Waals surface area contributed by atoms with Crippen molar-refractivity contribution in [3.63, 3.8) is 0 Å². The van der Waals surface area contributed by atoms with Crippen molar-refractivity contribution >= 4 is 39.5 Å². The van der Waals surface area contributed by atoms with Gasteiger partial charge >= 0.3 is 39.5 Å². The van der Waals surface area contributed by atoms with Crippen LogP contribution in [-0.4, -0.2) is 96.7 Å². The predicted octanol–water partition coefficient (Wildman–Crippen LogP) is 22.4. The first-order valence-electron chi connectivity index (χ1n) is 39.7. The quantitative estimate of drug-likeness (QED) is 0.0222. The molecule has 0 radical (unpaired) electrons. The molecule has 0 aliphatic carbocycles. The van der Waals surface area contributed by atoms with Crippen LogP contribution in [0, 0.1) is 23.7 Å². The Kier molecular flexibility index (Phi) is 65.0. The van der Waals surface area contributed by atoms with Crippen molar-refractivity contribution in [2.24, 2.45) is 23.7 Å². The molecule has 0 rings (SSSR count). The Morgan fingerprint density at radius 3 is 0.740 bits per heavy atom. The van der Waals surface area contributed by atoms with Crippen LogP contribution >= 0.6 is 15.6 Å². The Balaban J connectivity index is 5.15. The van der Waals surface area contributed by atoms with Gasteiger partial charge in [0.05, 0.1) is 26.4 Å². The molecule has 0 bridgehead atoms. The van der Waals surface area contributed by atoms with Gasteiger partial charge in [-0.25, -0.2) is 9.13 Å². The molecule has 0 aromatic heterocycles. The normalized spacial score (nSPS) is 14.4. The second-order valence-electron chi connectivity index (χ2n) is 29.4. The van der Waals surface area contributed by atoms with E-state index in [1.165, 1.54) is 186 Å². The molecule has 4 unspecified atom stereocenters. The van der Waals surface area contributed by atoms with E-state index in [1.54, 1.807) is 0 Å². The molecular weight excluding hydrogens is 1260 g/mol. The van der Waals surface area contributed by atoms with Crippen LogP contribution in [0.4, 0.5) is 0 Å². The van der Waals surface area contributed by atoms with E-state index in [9.17, 15) is 43.2 Å². The Hall–Kier alpha value is -1.94. The van der Waals surface area contributed by atoms with Gasteiger partial charge in [0.25, 0.3) is 0 Å². The first kappa shape index (κ1) is 94.1. The molecule has 570 valence electrons. The van der Waals surface area contributed by atoms with E-state index in [1.807, 2.05) is 0 Å². The highest BCUT2D eigenvalue weighted by atomic mass is 31.2. The molecule has 0 aliphatic rings. The van der Waals surface area contributed by atoms with E-state index in [2.05, 4.69) is 55.4 Å². The minimum Gasteiger partial charge on any atom is -0.462 e. The topological polar surface area (TPSA) is 237 Å². The van der Waals surface area contributed by atoms with Crippen LogP contribution in [0.1, 0.15) is 389 Å². The largest absolute Gasteiger partial charge is 0.472 e. The van der Waals surface area contributed by atoms with Gasteiger partial charge in [0.1, 0.15) is 19.3 Å². The van der Waals surface area contributed by atoms with Gasteiger partial charge in [-0.2, -0.15) is 0 Å². The van der Waals surface area contributed by atoms with Crippen LogP contribution in [0.15, 0.2) is 0 Å². The predicted molar refractivity (Wildman–Crippen MR) is 391 cm³/mol. The van der Waals surface area contributed by atoms with Crippen LogP contribution < -0.4 is 0 Å². The van der Waals surface area contributed by atoms with E-state index in [4.69, 9.17) is 37.0 Å². The lowest BCUT2D eigenvalue weighted by atomic mass is 9.99. The summed E-state index contributed by atoms with van der Waals surface area (Å²) in [6.07, 6.45) is 51.6. The zero-order valence-corrected chi connectivity index (χ0v) is 64.8. The summed E-state index contributed by atoms with van der Waals surface area (Å²) in [6, 6.07) is 0. The maximum Gasteiger partial charge on any atom is 0.472 e. The second kappa shape index (κ2) is 66.3. The van der Waals surface area contributed by atoms with E-state index >= 15 is 0 Å². The minimum atomic E-state index is -4.96. The molecule has 0 spiro atoms. The number of aliphatic hydroxyl groups is 1. The summed E-state index contributed by atoms with van der Waals surface area (Å²) in [7, 11) is -9.91. The van der Waals surface area contributed by atoms with Crippen molar-refractivity contribution < 1.29 is 80.2 Å². The first-order chi connectivity index (χ1) is 46.1. The average molecular weight is 1410 g/mol. The summed E-state index contributed by atoms with van der Waals surface area (Å²) in [6.45, 7) is 14.1. The van der Waals surface area contributed by atoms with Crippen LogP contribution in [-0.2, 0) is 65.4 Å². The van der Waals surface area contributed by atoms with Crippen molar-refractivity contribution in [1.29, 1.82) is 0 Å². The molecule has 0 heterocycles. The van der Waals surface area contributed by atoms with Gasteiger partial charge in [-0.1, -0.05) is 338 Å². The molecular formula is C77H150O17P2. The molecule has 0 saturated carbocycles. The Bertz CT molecular complexity index is 1890. The standard InChI is InChI=1S/C77H150O17P2/c1-9-70(8)56-48-40-31-25-21-17-14-15-18-22-26-32-41-49-57-74(79)87-63-72(94-77(82)60-52-44-34-28-30-38-46-54-68(4)5)65-91-95(83,84)89-61-71(78)62-90-96(85,86)92-66-73(64-88-75(80)58-50-42-36-35-39-47-55-69(6)7)93-76(81)59-51-43-33-27-23-19-13-11-10-12-16-20-24-29-37-45-53-67(2)3/h67-73,78H,9-66H2,1-8H3,(H,83,84)(H,85,86)/t70?,71?,72-,73-/m1/s1. The van der Waals surface area contributed by atoms with Gasteiger partial charge in [0.2, 0.25) is 0 Å². The van der Waals surface area contributed by atoms with Gasteiger partial charge < -0.3 is 33.8 Å². The van der Waals surface area contributed by atoms with Gasteiger partial charge in [-0.05, 0) is 49.4 Å². The van der Waals surface area contributed by atoms with Crippen molar-refractivity contribution in [2.45, 2.75) is 408 Å². The molecule has 0 aliphatic heterocycles. The lowest BCUT2D eigenvalue weighted by molar-refractivity contribution is -0.161. The third kappa shape index (κ3) is 69.2. The van der Waals surface area contributed by atoms with Crippen LogP contribution in [0.2, 0.25) is 0 Å². The number of ether oxygens (including phenoxy) is 4. The Morgan fingerprint density at radius 2 is 0.500 bits per heavy atom. The molecule has 0 amide bonds. The summed E-state index contributed by atoms with van der Waals surface area (Å²) < 4.78 is 68.5. The highest BCUT2D eigenvalue weighted by Crippen LogP contribution is 2.45. The highest BCUT2D eigenvalue weighted by Gasteiger charge is 2.30. The number of unbranched alkanes of at least 4 members (excludes halogenated alkanes) is 39. The fraction of sp³-hybridized carbons (Fsp3) is 0.948. The molecule has 17 nitrogen and oxygen atoms in total. The lowest BCUT2D eigenvalue weighted by Gasteiger charge is -2.21. The molecule has 96 heavy (non-hydrogen) atoms. The van der Waals surface area contributed by atoms with E-state index in [0.29, 0.717) is 37.5 Å². The maximum absolute atomic E-state index is 13.1. The average Bonchev–Trinajstić information content (AvgIpc) is 1.44. The van der Waals surface area contributed by atoms with Crippen molar-refractivity contribution in [3.8, 4) is 0 Å². The summed E-state index contributed by atoms with van der Waals surface area (Å²) >= 11 is 0. The number of phosphoric acid groups is 2. The number of rotatable bonds is 74. The van der Waals surface area contributed by atoms with Crippen molar-refractivity contribution in [2.75, 3.05) is 39.6 Å². The summed E-state index contributed by atoms with van der Waals surface area (Å²) in [5, 5.41) is 10.6. The summed E-state index contributed by atoms with van der Waals surface area (Å²) in [5.41, 5.74) is 0. The summed E-state index contributed by atoms with van der Waals surface area (Å²) in [5.74, 6) is 0.910. The lowest BCUT2D eigenvalue weighted by Crippen LogP contribution is -2.30. The van der Waals surface area contributed by atoms with Crippen molar-refractivity contribution in [3.05, 3.63) is 0 Å². The number of phosphoric ester groups is 2. The Labute approximate surface area is 588 Å². The number of esters is 4. The van der Waals surface area contributed by atoms with E-state index < -0.39 is 97.5 Å². The first-order valence-corrected chi connectivity index (χ1v) is 42.7. The van der Waals surface area contributed by atoms with E-state index in [0.717, 1.165) is 108 Å². The zero-order chi connectivity index (χ0) is 71.0. The van der Waals surface area contributed by atoms with Gasteiger partial charge in [0, 0.05) is 25.7 Å². The molecule has 19 heteroatoms. The molecule has 0 aromatic carbocycles. The maximum atomic E-state index is 13.1. The molecule has 6 atom stereocenters. The SMILES string of the molecule is CCC(C)CCCCCCCCCCCCCCCCC(=O)OC[C@H](COP(=O)(O)OCC(O)COP(=O)(O)OC[C@@H](COC(=O)CCCCCCCCC(C)C)OC(=O)CCCCCCCCCCCCCCCCCCC(C)C)OC(=O)CCCCCCCCCC(C)C. The molecule has 3 N–H and O–H groups in total. The van der Waals surface area contributed by atoms with Crippen molar-refractivity contribution in [1.82, 2.24) is 0 Å². The fourth-order valence-electron chi connectivity index (χ4n) is 11.7. The third-order valence-corrected chi connectivity index (χ3v) is 20.1. The zero-order valence-electron chi connectivity index (χ0n) is 63.0. The Morgan fingerprint density at radius 1 is 0.292 bits per heavy atom. The minimum absolute atomic E-state index is 0.103. The molecule has 0 fully saturated rings. The summed E-state index contributed by atoms with van der Waals surface area (Å²) in [4.78, 5) is 72.7. The van der Waals surface area contributed by atoms with Crippen LogP contribution in [0.5, 0.6) is 0 Å². The number of aliphatic hydroxyl groups excluding tert-OH is 1.